The first kappa shape index (κ1) is 25.0. The van der Waals surface area contributed by atoms with Crippen molar-refractivity contribution in [1.29, 1.82) is 0 Å². The molecule has 3 atom stereocenters. The first-order chi connectivity index (χ1) is 12.5. The molecular formula is C19H30Cl2N4O2S. The van der Waals surface area contributed by atoms with Crippen molar-refractivity contribution in [2.75, 3.05) is 19.6 Å². The number of halogens is 2. The second-order valence-electron chi connectivity index (χ2n) is 7.20. The molecule has 0 saturated carbocycles. The van der Waals surface area contributed by atoms with Crippen LogP contribution in [-0.2, 0) is 4.79 Å². The highest BCUT2D eigenvalue weighted by molar-refractivity contribution is 8.00. The average Bonchev–Trinajstić information content (AvgIpc) is 3.16. The lowest BCUT2D eigenvalue weighted by Gasteiger charge is -2.28. The lowest BCUT2D eigenvalue weighted by molar-refractivity contribution is -0.129. The molecule has 0 radical (unpaired) electrons. The van der Waals surface area contributed by atoms with Gasteiger partial charge in [-0.1, -0.05) is 11.8 Å². The molecule has 1 aromatic heterocycles. The molecule has 2 amide bonds. The Hall–Kier alpha value is -1.02. The lowest BCUT2D eigenvalue weighted by atomic mass is 10.0. The Morgan fingerprint density at radius 1 is 1.32 bits per heavy atom. The maximum Gasteiger partial charge on any atom is 0.254 e. The van der Waals surface area contributed by atoms with E-state index in [0.29, 0.717) is 16.6 Å². The summed E-state index contributed by atoms with van der Waals surface area (Å²) >= 11 is 1.38. The highest BCUT2D eigenvalue weighted by Gasteiger charge is 2.27. The molecule has 3 heterocycles. The number of amides is 2. The molecule has 2 saturated heterocycles. The van der Waals surface area contributed by atoms with Crippen molar-refractivity contribution < 1.29 is 9.59 Å². The van der Waals surface area contributed by atoms with Crippen LogP contribution in [0.3, 0.4) is 0 Å². The summed E-state index contributed by atoms with van der Waals surface area (Å²) in [6.07, 6.45) is 5.70. The second-order valence-corrected chi connectivity index (χ2v) is 8.53. The maximum absolute atomic E-state index is 12.8. The molecule has 3 rings (SSSR count). The molecular weight excluding hydrogens is 419 g/mol. The number of pyridine rings is 1. The van der Waals surface area contributed by atoms with Gasteiger partial charge >= 0.3 is 0 Å². The number of nitrogens with zero attached hydrogens (tertiary/aromatic N) is 2. The van der Waals surface area contributed by atoms with E-state index in [1.807, 2.05) is 11.8 Å². The summed E-state index contributed by atoms with van der Waals surface area (Å²) in [5.41, 5.74) is 0.560. The summed E-state index contributed by atoms with van der Waals surface area (Å²) in [5.74, 6) is 0.0391. The zero-order valence-corrected chi connectivity index (χ0v) is 18.8. The van der Waals surface area contributed by atoms with Crippen molar-refractivity contribution >= 4 is 48.4 Å². The van der Waals surface area contributed by atoms with Gasteiger partial charge < -0.3 is 15.5 Å². The molecule has 1 aromatic rings. The minimum absolute atomic E-state index is 0. The minimum atomic E-state index is -0.242. The van der Waals surface area contributed by atoms with Gasteiger partial charge in [0.25, 0.3) is 5.91 Å². The van der Waals surface area contributed by atoms with Crippen LogP contribution < -0.4 is 10.6 Å². The largest absolute Gasteiger partial charge is 0.349 e. The molecule has 2 aliphatic heterocycles. The predicted molar refractivity (Wildman–Crippen MR) is 118 cm³/mol. The third-order valence-electron chi connectivity index (χ3n) is 5.03. The van der Waals surface area contributed by atoms with Gasteiger partial charge in [0.1, 0.15) is 5.03 Å². The fourth-order valence-electron chi connectivity index (χ4n) is 3.60. The molecule has 0 aliphatic carbocycles. The van der Waals surface area contributed by atoms with Crippen LogP contribution in [0.4, 0.5) is 0 Å². The molecule has 158 valence electrons. The fraction of sp³-hybridized carbons (Fsp3) is 0.632. The number of hydrogen-bond donors (Lipinski definition) is 2. The fourth-order valence-corrected chi connectivity index (χ4v) is 4.59. The van der Waals surface area contributed by atoms with Gasteiger partial charge in [-0.25, -0.2) is 4.98 Å². The molecule has 0 bridgehead atoms. The van der Waals surface area contributed by atoms with Crippen LogP contribution >= 0.6 is 36.6 Å². The van der Waals surface area contributed by atoms with Crippen LogP contribution in [0.2, 0.25) is 0 Å². The second kappa shape index (κ2) is 11.9. The number of carbonyl (C=O) groups excluding carboxylic acids is 2. The number of piperidine rings is 1. The summed E-state index contributed by atoms with van der Waals surface area (Å²) in [6.45, 7) is 6.63. The Bertz CT molecular complexity index is 659. The molecule has 9 heteroatoms. The van der Waals surface area contributed by atoms with E-state index in [1.54, 1.807) is 18.3 Å². The van der Waals surface area contributed by atoms with Gasteiger partial charge in [0.15, 0.2) is 0 Å². The Morgan fingerprint density at radius 2 is 2.04 bits per heavy atom. The van der Waals surface area contributed by atoms with E-state index in [4.69, 9.17) is 0 Å². The van der Waals surface area contributed by atoms with Crippen LogP contribution in [0.5, 0.6) is 0 Å². The Kier molecular flexibility index (Phi) is 10.6. The van der Waals surface area contributed by atoms with Crippen molar-refractivity contribution in [3.05, 3.63) is 23.9 Å². The van der Waals surface area contributed by atoms with Gasteiger partial charge in [-0.15, -0.1) is 24.8 Å². The number of thioether (sulfide) groups is 1. The lowest BCUT2D eigenvalue weighted by Crippen LogP contribution is -2.46. The van der Waals surface area contributed by atoms with Crippen molar-refractivity contribution in [3.63, 3.8) is 0 Å². The van der Waals surface area contributed by atoms with Gasteiger partial charge in [0.05, 0.1) is 10.8 Å². The molecule has 0 spiro atoms. The van der Waals surface area contributed by atoms with Crippen molar-refractivity contribution in [2.24, 2.45) is 0 Å². The Morgan fingerprint density at radius 3 is 2.71 bits per heavy atom. The summed E-state index contributed by atoms with van der Waals surface area (Å²) in [5, 5.41) is 6.92. The molecule has 28 heavy (non-hydrogen) atoms. The standard InChI is InChI=1S/C19H28N4O2S.2ClH/c1-13-12-15(7-9-20-13)22-17(24)16-6-5-8-21-18(16)26-14(2)19(25)23-10-3-4-11-23;;/h5-6,8,13-15,20H,3-4,7,9-12H2,1-2H3,(H,22,24);2*1H. The quantitative estimate of drug-likeness (QED) is 0.677. The van der Waals surface area contributed by atoms with Crippen LogP contribution in [0.25, 0.3) is 0 Å². The van der Waals surface area contributed by atoms with E-state index in [0.717, 1.165) is 45.3 Å². The number of carbonyl (C=O) groups is 2. The summed E-state index contributed by atoms with van der Waals surface area (Å²) in [6, 6.07) is 4.16. The van der Waals surface area contributed by atoms with Gasteiger partial charge in [0.2, 0.25) is 5.91 Å². The normalized spacial score (nSPS) is 22.6. The first-order valence-electron chi connectivity index (χ1n) is 9.49. The van der Waals surface area contributed by atoms with Crippen LogP contribution in [0.1, 0.15) is 49.9 Å². The third kappa shape index (κ3) is 6.51. The molecule has 2 aliphatic rings. The van der Waals surface area contributed by atoms with Crippen molar-refractivity contribution in [2.45, 2.75) is 61.9 Å². The SMILES string of the molecule is CC1CC(NC(=O)c2cccnc2SC(C)C(=O)N2CCCC2)CCN1.Cl.Cl. The van der Waals surface area contributed by atoms with E-state index in [1.165, 1.54) is 11.8 Å². The monoisotopic (exact) mass is 448 g/mol. The Balaban J connectivity index is 0.00000196. The van der Waals surface area contributed by atoms with E-state index in [2.05, 4.69) is 22.5 Å². The summed E-state index contributed by atoms with van der Waals surface area (Å²) < 4.78 is 0. The Labute approximate surface area is 183 Å². The summed E-state index contributed by atoms with van der Waals surface area (Å²) in [4.78, 5) is 31.6. The average molecular weight is 449 g/mol. The number of likely N-dealkylation sites (tertiary alicyclic amines) is 1. The molecule has 3 unspecified atom stereocenters. The highest BCUT2D eigenvalue weighted by Crippen LogP contribution is 2.27. The number of rotatable bonds is 5. The number of aromatic nitrogens is 1. The summed E-state index contributed by atoms with van der Waals surface area (Å²) in [7, 11) is 0. The van der Waals surface area contributed by atoms with Crippen LogP contribution in [0.15, 0.2) is 23.4 Å². The van der Waals surface area contributed by atoms with E-state index in [9.17, 15) is 9.59 Å². The van der Waals surface area contributed by atoms with Crippen molar-refractivity contribution in [1.82, 2.24) is 20.5 Å². The number of nitrogens with one attached hydrogen (secondary N) is 2. The van der Waals surface area contributed by atoms with E-state index < -0.39 is 0 Å². The maximum atomic E-state index is 12.8. The molecule has 2 N–H and O–H groups in total. The molecule has 2 fully saturated rings. The first-order valence-corrected chi connectivity index (χ1v) is 10.4. The minimum Gasteiger partial charge on any atom is -0.349 e. The third-order valence-corrected chi connectivity index (χ3v) is 6.13. The zero-order chi connectivity index (χ0) is 18.5. The number of hydrogen-bond acceptors (Lipinski definition) is 5. The predicted octanol–water partition coefficient (Wildman–Crippen LogP) is 2.90. The van der Waals surface area contributed by atoms with E-state index >= 15 is 0 Å². The van der Waals surface area contributed by atoms with Gasteiger partial charge in [0, 0.05) is 31.4 Å². The zero-order valence-electron chi connectivity index (χ0n) is 16.3. The van der Waals surface area contributed by atoms with Crippen molar-refractivity contribution in [3.8, 4) is 0 Å². The van der Waals surface area contributed by atoms with Gasteiger partial charge in [-0.05, 0) is 58.2 Å². The van der Waals surface area contributed by atoms with Crippen LogP contribution in [-0.4, -0.2) is 58.7 Å². The topological polar surface area (TPSA) is 74.3 Å². The van der Waals surface area contributed by atoms with E-state index in [-0.39, 0.29) is 47.9 Å². The highest BCUT2D eigenvalue weighted by atomic mass is 35.5. The van der Waals surface area contributed by atoms with Gasteiger partial charge in [-0.3, -0.25) is 9.59 Å². The van der Waals surface area contributed by atoms with Gasteiger partial charge in [-0.2, -0.15) is 0 Å². The van der Waals surface area contributed by atoms with Crippen LogP contribution in [0, 0.1) is 0 Å². The smallest absolute Gasteiger partial charge is 0.254 e. The molecule has 6 nitrogen and oxygen atoms in total. The molecule has 0 aromatic carbocycles.